The van der Waals surface area contributed by atoms with E-state index in [1.165, 1.54) is 134 Å². The predicted molar refractivity (Wildman–Crippen MR) is 150 cm³/mol. The fraction of sp³-hybridized carbons (Fsp3) is 1.00. The van der Waals surface area contributed by atoms with E-state index in [2.05, 4.69) is 18.7 Å². The summed E-state index contributed by atoms with van der Waals surface area (Å²) in [6.45, 7) is 5.22. The van der Waals surface area contributed by atoms with Gasteiger partial charge in [0.15, 0.2) is 0 Å². The van der Waals surface area contributed by atoms with Gasteiger partial charge in [-0.2, -0.15) is 11.8 Å². The van der Waals surface area contributed by atoms with Crippen molar-refractivity contribution in [3.63, 3.8) is 0 Å². The average Bonchev–Trinajstić information content (AvgIpc) is 2.88. The van der Waals surface area contributed by atoms with Crippen LogP contribution in [0, 0.1) is 5.41 Å². The molecule has 1 spiro atoms. The Morgan fingerprint density at radius 3 is 1.49 bits per heavy atom. The van der Waals surface area contributed by atoms with Gasteiger partial charge in [-0.15, -0.1) is 0 Å². The van der Waals surface area contributed by atoms with Crippen molar-refractivity contribution in [2.75, 3.05) is 44.9 Å². The molecule has 0 bridgehead atoms. The fourth-order valence-electron chi connectivity index (χ4n) is 5.47. The van der Waals surface area contributed by atoms with Crippen molar-refractivity contribution in [3.05, 3.63) is 0 Å². The second kappa shape index (κ2) is 22.2. The maximum Gasteiger partial charge on any atom is 0.147 e. The zero-order chi connectivity index (χ0) is 24.7. The van der Waals surface area contributed by atoms with Crippen LogP contribution in [-0.2, 0) is 18.9 Å². The van der Waals surface area contributed by atoms with E-state index in [0.29, 0.717) is 33.4 Å². The molecule has 1 atom stereocenters. The van der Waals surface area contributed by atoms with Crippen LogP contribution in [0.4, 0.5) is 0 Å². The molecule has 0 aromatic heterocycles. The van der Waals surface area contributed by atoms with E-state index in [9.17, 15) is 0 Å². The Hall–Kier alpha value is 0.190. The molecule has 0 saturated carbocycles. The Labute approximate surface area is 222 Å². The van der Waals surface area contributed by atoms with E-state index in [1.54, 1.807) is 0 Å². The van der Waals surface area contributed by atoms with Crippen molar-refractivity contribution < 1.29 is 18.9 Å². The Kier molecular flexibility index (Phi) is 19.9. The smallest absolute Gasteiger partial charge is 0.147 e. The Morgan fingerprint density at radius 2 is 0.971 bits per heavy atom. The summed E-state index contributed by atoms with van der Waals surface area (Å²) >= 11 is 2.12. The standard InChI is InChI=1S/C30H58O4S/c1-2-3-4-5-6-7-8-9-10-11-12-13-14-15-16-17-18-19-22-35-23-20-21-29-30(26-33-28-34-29)24-31-27-32-25-30/h29H,2-28H2,1H3. The van der Waals surface area contributed by atoms with E-state index >= 15 is 0 Å². The lowest BCUT2D eigenvalue weighted by Crippen LogP contribution is -2.54. The minimum Gasteiger partial charge on any atom is -0.355 e. The summed E-state index contributed by atoms with van der Waals surface area (Å²) in [7, 11) is 0. The van der Waals surface area contributed by atoms with Crippen molar-refractivity contribution in [1.29, 1.82) is 0 Å². The van der Waals surface area contributed by atoms with Crippen molar-refractivity contribution in [2.45, 2.75) is 141 Å². The average molecular weight is 515 g/mol. The van der Waals surface area contributed by atoms with Crippen molar-refractivity contribution in [2.24, 2.45) is 5.41 Å². The van der Waals surface area contributed by atoms with Crippen LogP contribution in [0.2, 0.25) is 0 Å². The third-order valence-corrected chi connectivity index (χ3v) is 8.92. The SMILES string of the molecule is CCCCCCCCCCCCCCCCCCCCSCCCC1OCOCC12COCOC2. The van der Waals surface area contributed by atoms with Crippen LogP contribution in [0.15, 0.2) is 0 Å². The van der Waals surface area contributed by atoms with Gasteiger partial charge in [0, 0.05) is 0 Å². The maximum atomic E-state index is 5.93. The highest BCUT2D eigenvalue weighted by molar-refractivity contribution is 7.99. The summed E-state index contributed by atoms with van der Waals surface area (Å²) < 4.78 is 22.6. The first-order chi connectivity index (χ1) is 17.4. The molecule has 5 heteroatoms. The summed E-state index contributed by atoms with van der Waals surface area (Å²) in [5, 5.41) is 0. The highest BCUT2D eigenvalue weighted by Gasteiger charge is 2.44. The van der Waals surface area contributed by atoms with Gasteiger partial charge in [-0.3, -0.25) is 0 Å². The second-order valence-corrected chi connectivity index (χ2v) is 12.3. The molecule has 1 unspecified atom stereocenters. The van der Waals surface area contributed by atoms with E-state index in [0.717, 1.165) is 6.42 Å². The van der Waals surface area contributed by atoms with Gasteiger partial charge in [-0.1, -0.05) is 116 Å². The topological polar surface area (TPSA) is 36.9 Å². The van der Waals surface area contributed by atoms with Crippen molar-refractivity contribution in [3.8, 4) is 0 Å². The molecule has 2 aliphatic heterocycles. The molecule has 0 amide bonds. The van der Waals surface area contributed by atoms with Gasteiger partial charge < -0.3 is 18.9 Å². The van der Waals surface area contributed by atoms with Crippen LogP contribution in [0.1, 0.15) is 135 Å². The van der Waals surface area contributed by atoms with Gasteiger partial charge in [0.2, 0.25) is 0 Å². The number of ether oxygens (including phenoxy) is 4. The summed E-state index contributed by atoms with van der Waals surface area (Å²) in [6.07, 6.45) is 28.5. The summed E-state index contributed by atoms with van der Waals surface area (Å²) in [5.41, 5.74) is -0.0889. The Bertz CT molecular complexity index is 447. The van der Waals surface area contributed by atoms with Crippen LogP contribution >= 0.6 is 11.8 Å². The zero-order valence-electron chi connectivity index (χ0n) is 23.2. The molecule has 2 fully saturated rings. The van der Waals surface area contributed by atoms with Gasteiger partial charge in [0.25, 0.3) is 0 Å². The highest BCUT2D eigenvalue weighted by atomic mass is 32.2. The Balaban J connectivity index is 1.26. The second-order valence-electron chi connectivity index (χ2n) is 11.1. The minimum absolute atomic E-state index is 0.0889. The van der Waals surface area contributed by atoms with Gasteiger partial charge in [0.1, 0.15) is 13.6 Å². The first-order valence-corrected chi connectivity index (χ1v) is 16.5. The van der Waals surface area contributed by atoms with Crippen molar-refractivity contribution in [1.82, 2.24) is 0 Å². The molecule has 2 heterocycles. The molecule has 0 aromatic carbocycles. The van der Waals surface area contributed by atoms with E-state index < -0.39 is 0 Å². The third kappa shape index (κ3) is 15.3. The van der Waals surface area contributed by atoms with E-state index in [4.69, 9.17) is 18.9 Å². The van der Waals surface area contributed by atoms with Crippen LogP contribution in [0.5, 0.6) is 0 Å². The molecule has 2 rings (SSSR count). The molecular formula is C30H58O4S. The van der Waals surface area contributed by atoms with Crippen LogP contribution in [0.25, 0.3) is 0 Å². The normalized spacial score (nSPS) is 20.0. The molecule has 35 heavy (non-hydrogen) atoms. The fourth-order valence-corrected chi connectivity index (χ4v) is 6.46. The molecule has 0 aromatic rings. The largest absolute Gasteiger partial charge is 0.355 e. The molecule has 2 saturated heterocycles. The lowest BCUT2D eigenvalue weighted by atomic mass is 9.81. The van der Waals surface area contributed by atoms with Gasteiger partial charge in [-0.05, 0) is 30.8 Å². The molecule has 4 nitrogen and oxygen atoms in total. The number of hydrogen-bond acceptors (Lipinski definition) is 5. The van der Waals surface area contributed by atoms with Gasteiger partial charge in [0.05, 0.1) is 31.3 Å². The first kappa shape index (κ1) is 31.4. The summed E-state index contributed by atoms with van der Waals surface area (Å²) in [5.74, 6) is 2.54. The number of rotatable bonds is 23. The third-order valence-electron chi connectivity index (χ3n) is 7.77. The summed E-state index contributed by atoms with van der Waals surface area (Å²) in [4.78, 5) is 0. The molecular weight excluding hydrogens is 456 g/mol. The van der Waals surface area contributed by atoms with Crippen LogP contribution < -0.4 is 0 Å². The number of thioether (sulfide) groups is 1. The molecule has 2 aliphatic rings. The predicted octanol–water partition coefficient (Wildman–Crippen LogP) is 8.91. The van der Waals surface area contributed by atoms with Crippen molar-refractivity contribution >= 4 is 11.8 Å². The molecule has 208 valence electrons. The van der Waals surface area contributed by atoms with E-state index in [-0.39, 0.29) is 11.5 Å². The zero-order valence-corrected chi connectivity index (χ0v) is 24.0. The quantitative estimate of drug-likeness (QED) is 0.127. The number of hydrogen-bond donors (Lipinski definition) is 0. The first-order valence-electron chi connectivity index (χ1n) is 15.3. The van der Waals surface area contributed by atoms with Gasteiger partial charge >= 0.3 is 0 Å². The highest BCUT2D eigenvalue weighted by Crippen LogP contribution is 2.35. The Morgan fingerprint density at radius 1 is 0.543 bits per heavy atom. The van der Waals surface area contributed by atoms with Crippen LogP contribution in [-0.4, -0.2) is 51.0 Å². The minimum atomic E-state index is -0.0889. The lowest BCUT2D eigenvalue weighted by molar-refractivity contribution is -0.277. The summed E-state index contributed by atoms with van der Waals surface area (Å²) in [6, 6.07) is 0. The van der Waals surface area contributed by atoms with Gasteiger partial charge in [-0.25, -0.2) is 0 Å². The van der Waals surface area contributed by atoms with E-state index in [1.807, 2.05) is 0 Å². The monoisotopic (exact) mass is 514 g/mol. The van der Waals surface area contributed by atoms with Crippen LogP contribution in [0.3, 0.4) is 0 Å². The molecule has 0 radical (unpaired) electrons. The molecule has 0 aliphatic carbocycles. The maximum absolute atomic E-state index is 5.93. The molecule has 0 N–H and O–H groups in total. The lowest BCUT2D eigenvalue weighted by Gasteiger charge is -2.45. The number of unbranched alkanes of at least 4 members (excludes halogenated alkanes) is 17.